The van der Waals surface area contributed by atoms with E-state index in [1.807, 2.05) is 13.0 Å². The Morgan fingerprint density at radius 3 is 2.65 bits per heavy atom. The molecule has 1 aromatic rings. The van der Waals surface area contributed by atoms with Gasteiger partial charge in [-0.1, -0.05) is 0 Å². The zero-order chi connectivity index (χ0) is 14.9. The number of anilines is 1. The summed E-state index contributed by atoms with van der Waals surface area (Å²) in [7, 11) is 0. The highest BCUT2D eigenvalue weighted by Crippen LogP contribution is 2.33. The SMILES string of the molecule is CC1CC(C(=O)O)CCN1c1ccc(C(N)=O)cc1Br. The Labute approximate surface area is 125 Å². The third-order valence-electron chi connectivity index (χ3n) is 3.77. The lowest BCUT2D eigenvalue weighted by Crippen LogP contribution is -2.43. The second kappa shape index (κ2) is 5.83. The van der Waals surface area contributed by atoms with E-state index in [1.54, 1.807) is 12.1 Å². The van der Waals surface area contributed by atoms with Crippen molar-refractivity contribution in [3.05, 3.63) is 28.2 Å². The number of aliphatic carboxylic acids is 1. The summed E-state index contributed by atoms with van der Waals surface area (Å²) < 4.78 is 0.800. The van der Waals surface area contributed by atoms with Crippen LogP contribution in [0.5, 0.6) is 0 Å². The number of benzene rings is 1. The lowest BCUT2D eigenvalue weighted by atomic mass is 9.91. The van der Waals surface area contributed by atoms with Crippen molar-refractivity contribution < 1.29 is 14.7 Å². The van der Waals surface area contributed by atoms with Crippen LogP contribution in [-0.2, 0) is 4.79 Å². The molecule has 108 valence electrons. The average Bonchev–Trinajstić information content (AvgIpc) is 2.38. The van der Waals surface area contributed by atoms with Crippen LogP contribution in [0.2, 0.25) is 0 Å². The molecule has 5 nitrogen and oxygen atoms in total. The highest BCUT2D eigenvalue weighted by atomic mass is 79.9. The first-order valence-corrected chi connectivity index (χ1v) is 7.28. The van der Waals surface area contributed by atoms with Gasteiger partial charge in [0.25, 0.3) is 0 Å². The van der Waals surface area contributed by atoms with Gasteiger partial charge in [-0.25, -0.2) is 0 Å². The summed E-state index contributed by atoms with van der Waals surface area (Å²) in [6.07, 6.45) is 1.25. The van der Waals surface area contributed by atoms with E-state index in [2.05, 4.69) is 20.8 Å². The summed E-state index contributed by atoms with van der Waals surface area (Å²) in [6.45, 7) is 2.70. The van der Waals surface area contributed by atoms with Crippen molar-refractivity contribution in [3.63, 3.8) is 0 Å². The maximum absolute atomic E-state index is 11.1. The van der Waals surface area contributed by atoms with Crippen molar-refractivity contribution in [2.24, 2.45) is 11.7 Å². The Hall–Kier alpha value is -1.56. The first-order chi connectivity index (χ1) is 9.40. The van der Waals surface area contributed by atoms with Gasteiger partial charge in [0.15, 0.2) is 0 Å². The van der Waals surface area contributed by atoms with Gasteiger partial charge >= 0.3 is 5.97 Å². The minimum atomic E-state index is -0.723. The van der Waals surface area contributed by atoms with Crippen LogP contribution < -0.4 is 10.6 Å². The summed E-state index contributed by atoms with van der Waals surface area (Å²) >= 11 is 3.46. The molecule has 0 saturated carbocycles. The first kappa shape index (κ1) is 14.8. The number of primary amides is 1. The second-order valence-electron chi connectivity index (χ2n) is 5.13. The van der Waals surface area contributed by atoms with Gasteiger partial charge in [-0.05, 0) is 53.9 Å². The van der Waals surface area contributed by atoms with E-state index >= 15 is 0 Å². The van der Waals surface area contributed by atoms with Crippen LogP contribution in [0, 0.1) is 5.92 Å². The fourth-order valence-corrected chi connectivity index (χ4v) is 3.25. The number of hydrogen-bond acceptors (Lipinski definition) is 3. The molecule has 1 aliphatic heterocycles. The number of nitrogens with zero attached hydrogens (tertiary/aromatic N) is 1. The fraction of sp³-hybridized carbons (Fsp3) is 0.429. The Morgan fingerprint density at radius 1 is 1.45 bits per heavy atom. The van der Waals surface area contributed by atoms with E-state index in [0.717, 1.165) is 10.2 Å². The average molecular weight is 341 g/mol. The van der Waals surface area contributed by atoms with Crippen molar-refractivity contribution in [1.82, 2.24) is 0 Å². The molecule has 0 aromatic heterocycles. The van der Waals surface area contributed by atoms with Crippen molar-refractivity contribution >= 4 is 33.5 Å². The molecule has 1 saturated heterocycles. The molecule has 1 heterocycles. The maximum atomic E-state index is 11.1. The molecular weight excluding hydrogens is 324 g/mol. The number of rotatable bonds is 3. The van der Waals surface area contributed by atoms with Crippen molar-refractivity contribution in [2.75, 3.05) is 11.4 Å². The molecule has 1 aliphatic rings. The lowest BCUT2D eigenvalue weighted by Gasteiger charge is -2.38. The van der Waals surface area contributed by atoms with Crippen LogP contribution in [0.3, 0.4) is 0 Å². The quantitative estimate of drug-likeness (QED) is 0.883. The van der Waals surface area contributed by atoms with E-state index in [4.69, 9.17) is 10.8 Å². The Kier molecular flexibility index (Phi) is 4.32. The molecule has 0 radical (unpaired) electrons. The minimum absolute atomic E-state index is 0.139. The molecule has 2 rings (SSSR count). The van der Waals surface area contributed by atoms with Gasteiger partial charge in [0, 0.05) is 22.6 Å². The molecule has 6 heteroatoms. The van der Waals surface area contributed by atoms with Crippen LogP contribution in [0.15, 0.2) is 22.7 Å². The summed E-state index contributed by atoms with van der Waals surface area (Å²) in [5, 5.41) is 9.09. The summed E-state index contributed by atoms with van der Waals surface area (Å²) in [4.78, 5) is 24.4. The monoisotopic (exact) mass is 340 g/mol. The van der Waals surface area contributed by atoms with Crippen molar-refractivity contribution in [2.45, 2.75) is 25.8 Å². The zero-order valence-corrected chi connectivity index (χ0v) is 12.8. The van der Waals surface area contributed by atoms with Gasteiger partial charge in [-0.2, -0.15) is 0 Å². The van der Waals surface area contributed by atoms with Gasteiger partial charge in [0.2, 0.25) is 5.91 Å². The maximum Gasteiger partial charge on any atom is 0.306 e. The number of carbonyl (C=O) groups excluding carboxylic acids is 1. The number of carboxylic acid groups (broad SMARTS) is 1. The molecule has 2 atom stereocenters. The molecule has 1 aromatic carbocycles. The third-order valence-corrected chi connectivity index (χ3v) is 4.40. The van der Waals surface area contributed by atoms with Gasteiger partial charge in [-0.3, -0.25) is 9.59 Å². The van der Waals surface area contributed by atoms with Crippen molar-refractivity contribution in [3.8, 4) is 0 Å². The second-order valence-corrected chi connectivity index (χ2v) is 5.99. The smallest absolute Gasteiger partial charge is 0.306 e. The lowest BCUT2D eigenvalue weighted by molar-refractivity contribution is -0.142. The van der Waals surface area contributed by atoms with Crippen molar-refractivity contribution in [1.29, 1.82) is 0 Å². The molecule has 1 amide bonds. The Morgan fingerprint density at radius 2 is 2.15 bits per heavy atom. The number of hydrogen-bond donors (Lipinski definition) is 2. The number of amides is 1. The van der Waals surface area contributed by atoms with E-state index < -0.39 is 11.9 Å². The largest absolute Gasteiger partial charge is 0.481 e. The van der Waals surface area contributed by atoms with Gasteiger partial charge in [0.1, 0.15) is 0 Å². The first-order valence-electron chi connectivity index (χ1n) is 6.49. The van der Waals surface area contributed by atoms with Gasteiger partial charge < -0.3 is 15.7 Å². The van der Waals surface area contributed by atoms with Crippen LogP contribution >= 0.6 is 15.9 Å². The van der Waals surface area contributed by atoms with E-state index in [1.165, 1.54) is 0 Å². The normalized spacial score (nSPS) is 22.6. The van der Waals surface area contributed by atoms with E-state index in [-0.39, 0.29) is 12.0 Å². The molecule has 1 fully saturated rings. The summed E-state index contributed by atoms with van der Waals surface area (Å²) in [5.74, 6) is -1.46. The standard InChI is InChI=1S/C14H17BrN2O3/c1-8-6-10(14(19)20)4-5-17(8)12-3-2-9(13(16)18)7-11(12)15/h2-3,7-8,10H,4-6H2,1H3,(H2,16,18)(H,19,20). The number of piperidine rings is 1. The predicted molar refractivity (Wildman–Crippen MR) is 79.8 cm³/mol. The van der Waals surface area contributed by atoms with Gasteiger partial charge in [-0.15, -0.1) is 0 Å². The Balaban J connectivity index is 2.20. The summed E-state index contributed by atoms with van der Waals surface area (Å²) in [6, 6.07) is 5.38. The Bertz CT molecular complexity index is 547. The van der Waals surface area contributed by atoms with E-state index in [9.17, 15) is 9.59 Å². The van der Waals surface area contributed by atoms with Crippen LogP contribution in [0.1, 0.15) is 30.1 Å². The number of halogens is 1. The number of carboxylic acids is 1. The molecular formula is C14H17BrN2O3. The number of carbonyl (C=O) groups is 2. The molecule has 0 aliphatic carbocycles. The highest BCUT2D eigenvalue weighted by Gasteiger charge is 2.30. The van der Waals surface area contributed by atoms with Gasteiger partial charge in [0.05, 0.1) is 11.6 Å². The molecule has 20 heavy (non-hydrogen) atoms. The number of nitrogens with two attached hydrogens (primary N) is 1. The topological polar surface area (TPSA) is 83.6 Å². The predicted octanol–water partition coefficient (Wildman–Crippen LogP) is 2.24. The zero-order valence-electron chi connectivity index (χ0n) is 11.2. The fourth-order valence-electron chi connectivity index (χ4n) is 2.65. The van der Waals surface area contributed by atoms with Crippen LogP contribution in [0.4, 0.5) is 5.69 Å². The van der Waals surface area contributed by atoms with Crippen LogP contribution in [-0.4, -0.2) is 29.6 Å². The third kappa shape index (κ3) is 2.95. The molecule has 3 N–H and O–H groups in total. The summed E-state index contributed by atoms with van der Waals surface area (Å²) in [5.41, 5.74) is 6.67. The molecule has 0 bridgehead atoms. The molecule has 0 spiro atoms. The highest BCUT2D eigenvalue weighted by molar-refractivity contribution is 9.10. The van der Waals surface area contributed by atoms with E-state index in [0.29, 0.717) is 24.9 Å². The molecule has 2 unspecified atom stereocenters. The minimum Gasteiger partial charge on any atom is -0.481 e. The van der Waals surface area contributed by atoms with Crippen LogP contribution in [0.25, 0.3) is 0 Å².